The first kappa shape index (κ1) is 20.9. The van der Waals surface area contributed by atoms with Gasteiger partial charge in [-0.2, -0.15) is 0 Å². The number of carbonyl (C=O) groups is 2. The fraction of sp³-hybridized carbons (Fsp3) is 0.478. The van der Waals surface area contributed by atoms with E-state index in [4.69, 9.17) is 9.47 Å². The van der Waals surface area contributed by atoms with Crippen LogP contribution in [0.4, 0.5) is 5.00 Å². The highest BCUT2D eigenvalue weighted by Gasteiger charge is 2.30. The number of thiophene rings is 1. The lowest BCUT2D eigenvalue weighted by atomic mass is 9.95. The molecular weight excluding hydrogens is 400 g/mol. The number of fused-ring (bicyclic) bond motifs is 1. The van der Waals surface area contributed by atoms with Gasteiger partial charge in [0.1, 0.15) is 10.8 Å². The number of ether oxygens (including phenoxy) is 2. The van der Waals surface area contributed by atoms with Crippen LogP contribution >= 0.6 is 11.3 Å². The van der Waals surface area contributed by atoms with Crippen LogP contribution in [0.1, 0.15) is 46.1 Å². The highest BCUT2D eigenvalue weighted by Crippen LogP contribution is 2.39. The number of benzene rings is 1. The lowest BCUT2D eigenvalue weighted by molar-refractivity contribution is -0.122. The molecule has 160 valence electrons. The van der Waals surface area contributed by atoms with E-state index in [1.54, 1.807) is 18.3 Å². The summed E-state index contributed by atoms with van der Waals surface area (Å²) in [7, 11) is 0. The van der Waals surface area contributed by atoms with Crippen molar-refractivity contribution in [3.63, 3.8) is 0 Å². The van der Waals surface area contributed by atoms with E-state index in [0.717, 1.165) is 36.8 Å². The number of nitrogens with one attached hydrogen (secondary N) is 1. The summed E-state index contributed by atoms with van der Waals surface area (Å²) in [4.78, 5) is 29.3. The van der Waals surface area contributed by atoms with Crippen LogP contribution in [0.2, 0.25) is 0 Å². The van der Waals surface area contributed by atoms with E-state index in [9.17, 15) is 9.59 Å². The second-order valence-corrected chi connectivity index (χ2v) is 8.99. The number of hydrogen-bond acceptors (Lipinski definition) is 5. The molecule has 1 aromatic heterocycles. The number of rotatable bonds is 5. The van der Waals surface area contributed by atoms with Crippen LogP contribution in [0.25, 0.3) is 0 Å². The van der Waals surface area contributed by atoms with Crippen molar-refractivity contribution < 1.29 is 19.1 Å². The predicted octanol–water partition coefficient (Wildman–Crippen LogP) is 3.81. The fourth-order valence-electron chi connectivity index (χ4n) is 3.89. The molecule has 2 amide bonds. The molecule has 30 heavy (non-hydrogen) atoms. The maximum Gasteiger partial charge on any atom is 0.265 e. The van der Waals surface area contributed by atoms with Gasteiger partial charge in [-0.25, -0.2) is 0 Å². The number of carbonyl (C=O) groups excluding carboxylic acids is 2. The molecule has 0 bridgehead atoms. The molecule has 0 saturated carbocycles. The van der Waals surface area contributed by atoms with Crippen molar-refractivity contribution in [2.24, 2.45) is 0 Å². The van der Waals surface area contributed by atoms with Gasteiger partial charge in [0.05, 0.1) is 18.8 Å². The lowest BCUT2D eigenvalue weighted by Crippen LogP contribution is -2.41. The van der Waals surface area contributed by atoms with Gasteiger partial charge in [-0.1, -0.05) is 17.7 Å². The Bertz CT molecular complexity index is 916. The Morgan fingerprint density at radius 3 is 2.57 bits per heavy atom. The van der Waals surface area contributed by atoms with Crippen molar-refractivity contribution in [1.29, 1.82) is 0 Å². The first-order valence-corrected chi connectivity index (χ1v) is 11.4. The quantitative estimate of drug-likeness (QED) is 0.786. The van der Waals surface area contributed by atoms with Gasteiger partial charge in [-0.3, -0.25) is 9.59 Å². The first-order valence-electron chi connectivity index (χ1n) is 10.6. The van der Waals surface area contributed by atoms with Gasteiger partial charge in [0.15, 0.2) is 6.10 Å². The molecule has 7 heteroatoms. The van der Waals surface area contributed by atoms with E-state index in [1.807, 2.05) is 36.1 Å². The molecule has 1 aliphatic heterocycles. The third-order valence-corrected chi connectivity index (χ3v) is 6.83. The van der Waals surface area contributed by atoms with Crippen molar-refractivity contribution in [2.75, 3.05) is 31.6 Å². The number of nitrogens with zero attached hydrogens (tertiary/aromatic N) is 1. The summed E-state index contributed by atoms with van der Waals surface area (Å²) in [5, 5.41) is 3.65. The minimum atomic E-state index is -0.668. The van der Waals surface area contributed by atoms with E-state index in [0.29, 0.717) is 42.6 Å². The number of hydrogen-bond donors (Lipinski definition) is 1. The van der Waals surface area contributed by atoms with Gasteiger partial charge in [0, 0.05) is 18.0 Å². The highest BCUT2D eigenvalue weighted by atomic mass is 32.1. The maximum absolute atomic E-state index is 13.3. The first-order chi connectivity index (χ1) is 14.5. The third kappa shape index (κ3) is 4.52. The Morgan fingerprint density at radius 2 is 1.83 bits per heavy atom. The highest BCUT2D eigenvalue weighted by molar-refractivity contribution is 7.17. The van der Waals surface area contributed by atoms with Gasteiger partial charge in [0.2, 0.25) is 0 Å². The molecule has 1 aliphatic carbocycles. The van der Waals surface area contributed by atoms with Crippen molar-refractivity contribution in [2.45, 2.75) is 45.6 Å². The van der Waals surface area contributed by atoms with Gasteiger partial charge in [-0.05, 0) is 57.2 Å². The van der Waals surface area contributed by atoms with Crippen LogP contribution < -0.4 is 10.1 Å². The molecule has 2 aliphatic rings. The number of anilines is 1. The van der Waals surface area contributed by atoms with Crippen LogP contribution in [0.15, 0.2) is 24.3 Å². The number of amides is 2. The van der Waals surface area contributed by atoms with Crippen LogP contribution in [0.3, 0.4) is 0 Å². The molecule has 1 N–H and O–H groups in total. The van der Waals surface area contributed by atoms with Gasteiger partial charge < -0.3 is 19.7 Å². The Labute approximate surface area is 181 Å². The molecule has 1 fully saturated rings. The predicted molar refractivity (Wildman–Crippen MR) is 118 cm³/mol. The van der Waals surface area contributed by atoms with Gasteiger partial charge in [0.25, 0.3) is 11.8 Å². The SMILES string of the molecule is Cc1ccc(OC(C)C(=O)Nc2sc3c(c2C(=O)N2CCOCC2)CCCC3)cc1. The van der Waals surface area contributed by atoms with Crippen LogP contribution in [-0.2, 0) is 22.4 Å². The van der Waals surface area contributed by atoms with E-state index < -0.39 is 6.10 Å². The molecule has 0 radical (unpaired) electrons. The minimum Gasteiger partial charge on any atom is -0.481 e. The van der Waals surface area contributed by atoms with E-state index in [1.165, 1.54) is 4.88 Å². The third-order valence-electron chi connectivity index (χ3n) is 5.62. The second-order valence-electron chi connectivity index (χ2n) is 7.88. The standard InChI is InChI=1S/C23H28N2O4S/c1-15-7-9-17(10-8-15)29-16(2)21(26)24-22-20(18-5-3-4-6-19(18)30-22)23(27)25-11-13-28-14-12-25/h7-10,16H,3-6,11-14H2,1-2H3,(H,24,26). The zero-order valence-corrected chi connectivity index (χ0v) is 18.3. The largest absolute Gasteiger partial charge is 0.481 e. The molecule has 2 aromatic rings. The Morgan fingerprint density at radius 1 is 1.13 bits per heavy atom. The Balaban J connectivity index is 1.53. The Kier molecular flexibility index (Phi) is 6.39. The summed E-state index contributed by atoms with van der Waals surface area (Å²) < 4.78 is 11.2. The molecule has 6 nitrogen and oxygen atoms in total. The summed E-state index contributed by atoms with van der Waals surface area (Å²) in [5.74, 6) is 0.406. The van der Waals surface area contributed by atoms with E-state index >= 15 is 0 Å². The van der Waals surface area contributed by atoms with Crippen molar-refractivity contribution in [3.8, 4) is 5.75 Å². The fourth-order valence-corrected chi connectivity index (χ4v) is 5.18. The summed E-state index contributed by atoms with van der Waals surface area (Å²) in [6.45, 7) is 6.02. The molecule has 0 spiro atoms. The average Bonchev–Trinajstić information content (AvgIpc) is 3.13. The molecule has 1 atom stereocenters. The molecule has 4 rings (SSSR count). The smallest absolute Gasteiger partial charge is 0.265 e. The van der Waals surface area contributed by atoms with E-state index in [-0.39, 0.29) is 11.8 Å². The Hall–Kier alpha value is -2.38. The van der Waals surface area contributed by atoms with Gasteiger partial charge in [-0.15, -0.1) is 11.3 Å². The molecule has 1 saturated heterocycles. The summed E-state index contributed by atoms with van der Waals surface area (Å²) >= 11 is 1.54. The van der Waals surface area contributed by atoms with Gasteiger partial charge >= 0.3 is 0 Å². The maximum atomic E-state index is 13.3. The summed E-state index contributed by atoms with van der Waals surface area (Å²) in [6.07, 6.45) is 3.39. The molecular formula is C23H28N2O4S. The van der Waals surface area contributed by atoms with Crippen molar-refractivity contribution >= 4 is 28.2 Å². The van der Waals surface area contributed by atoms with Crippen molar-refractivity contribution in [3.05, 3.63) is 45.8 Å². The summed E-state index contributed by atoms with van der Waals surface area (Å²) in [5.41, 5.74) is 2.92. The summed E-state index contributed by atoms with van der Waals surface area (Å²) in [6, 6.07) is 7.62. The molecule has 2 heterocycles. The average molecular weight is 429 g/mol. The van der Waals surface area contributed by atoms with Crippen LogP contribution in [-0.4, -0.2) is 49.1 Å². The zero-order chi connectivity index (χ0) is 21.1. The minimum absolute atomic E-state index is 0.0000982. The zero-order valence-electron chi connectivity index (χ0n) is 17.5. The monoisotopic (exact) mass is 428 g/mol. The topological polar surface area (TPSA) is 67.9 Å². The lowest BCUT2D eigenvalue weighted by Gasteiger charge is -2.28. The normalized spacial score (nSPS) is 17.2. The number of aryl methyl sites for hydroxylation is 2. The van der Waals surface area contributed by atoms with Crippen LogP contribution in [0, 0.1) is 6.92 Å². The number of morpholine rings is 1. The molecule has 1 unspecified atom stereocenters. The van der Waals surface area contributed by atoms with E-state index in [2.05, 4.69) is 5.32 Å². The van der Waals surface area contributed by atoms with Crippen LogP contribution in [0.5, 0.6) is 5.75 Å². The van der Waals surface area contributed by atoms with Crippen molar-refractivity contribution in [1.82, 2.24) is 4.90 Å². The molecule has 1 aromatic carbocycles. The second kappa shape index (κ2) is 9.18.